The molecule has 0 radical (unpaired) electrons. The van der Waals surface area contributed by atoms with Gasteiger partial charge in [-0.3, -0.25) is 0 Å². The first kappa shape index (κ1) is 42.4. The van der Waals surface area contributed by atoms with Gasteiger partial charge in [-0.1, -0.05) is 190 Å². The molecule has 0 heterocycles. The Hall–Kier alpha value is -1.64. The van der Waals surface area contributed by atoms with Gasteiger partial charge in [-0.15, -0.1) is 0 Å². The Labute approximate surface area is 289 Å². The zero-order valence-corrected chi connectivity index (χ0v) is 32.1. The third-order valence-electron chi connectivity index (χ3n) is 9.64. The summed E-state index contributed by atoms with van der Waals surface area (Å²) >= 11 is 0. The van der Waals surface area contributed by atoms with Crippen LogP contribution in [-0.2, 0) is 13.1 Å². The van der Waals surface area contributed by atoms with Crippen LogP contribution in [0.3, 0.4) is 0 Å². The van der Waals surface area contributed by atoms with Crippen LogP contribution in [0.25, 0.3) is 0 Å². The molecule has 2 aromatic rings. The Kier molecular flexibility index (Phi) is 26.1. The Morgan fingerprint density at radius 1 is 0.326 bits per heavy atom. The fraction of sp³-hybridized carbons (Fsp3) is 0.727. The van der Waals surface area contributed by atoms with E-state index in [1.165, 1.54) is 165 Å². The van der Waals surface area contributed by atoms with Gasteiger partial charge in [-0.2, -0.15) is 0 Å². The molecule has 2 heteroatoms. The smallest absolute Gasteiger partial charge is 0.104 e. The van der Waals surface area contributed by atoms with Gasteiger partial charge in [0.15, 0.2) is 0 Å². The fourth-order valence-electron chi connectivity index (χ4n) is 6.72. The maximum absolute atomic E-state index is 2.37. The summed E-state index contributed by atoms with van der Waals surface area (Å²) in [5.41, 5.74) is 2.92. The first-order chi connectivity index (χ1) is 22.3. The fourth-order valence-corrected chi connectivity index (χ4v) is 6.72. The van der Waals surface area contributed by atoms with Crippen LogP contribution in [0.2, 0.25) is 0 Å². The minimum Gasteiger partial charge on any atom is -0.325 e. The highest BCUT2D eigenvalue weighted by Crippen LogP contribution is 2.16. The van der Waals surface area contributed by atoms with E-state index in [9.17, 15) is 0 Å². The molecular formula is C44H80N2+2. The molecule has 0 atom stereocenters. The highest BCUT2D eigenvalue weighted by Gasteiger charge is 2.16. The van der Waals surface area contributed by atoms with Gasteiger partial charge in [0.25, 0.3) is 0 Å². The van der Waals surface area contributed by atoms with Crippen LogP contribution in [0.15, 0.2) is 60.7 Å². The molecule has 2 nitrogen and oxygen atoms in total. The number of unbranched alkanes of at least 4 members (excludes halogenated alkanes) is 20. The molecule has 0 saturated heterocycles. The normalized spacial score (nSPS) is 11.8. The standard InChI is InChI=1S/C23H42N.C21H38N/c1-4-5-6-7-8-9-10-11-12-13-14-18-21-24(2,3)22-23-19-16-15-17-20-23;1-4-5-6-7-8-9-10-11-12-16-19-22(2,3)20-21-17-14-13-15-18-21/h15-17,19-20H,4-14,18,21-22H2,1-3H3;13-15,17-18H,4-12,16,19-20H2,1-3H3/q2*+1. The van der Waals surface area contributed by atoms with Crippen LogP contribution in [0.1, 0.15) is 166 Å². The van der Waals surface area contributed by atoms with Crippen molar-refractivity contribution in [2.24, 2.45) is 0 Å². The Morgan fingerprint density at radius 3 is 0.826 bits per heavy atom. The van der Waals surface area contributed by atoms with Gasteiger partial charge in [0.2, 0.25) is 0 Å². The number of quaternary nitrogens is 2. The minimum atomic E-state index is 1.11. The lowest BCUT2D eigenvalue weighted by Gasteiger charge is -2.30. The number of hydrogen-bond donors (Lipinski definition) is 0. The molecule has 2 aromatic carbocycles. The summed E-state index contributed by atoms with van der Waals surface area (Å²) in [6.07, 6.45) is 31.4. The summed E-state index contributed by atoms with van der Waals surface area (Å²) in [6, 6.07) is 21.8. The topological polar surface area (TPSA) is 0 Å². The zero-order chi connectivity index (χ0) is 33.6. The van der Waals surface area contributed by atoms with E-state index in [1.54, 1.807) is 0 Å². The molecule has 0 fully saturated rings. The summed E-state index contributed by atoms with van der Waals surface area (Å²) in [6.45, 7) is 9.48. The number of nitrogens with zero attached hydrogens (tertiary/aromatic N) is 2. The molecule has 0 saturated carbocycles. The highest BCUT2D eigenvalue weighted by molar-refractivity contribution is 5.14. The van der Waals surface area contributed by atoms with Crippen molar-refractivity contribution in [1.29, 1.82) is 0 Å². The largest absolute Gasteiger partial charge is 0.325 e. The van der Waals surface area contributed by atoms with Gasteiger partial charge in [0.1, 0.15) is 13.1 Å². The van der Waals surface area contributed by atoms with Crippen molar-refractivity contribution in [3.8, 4) is 0 Å². The van der Waals surface area contributed by atoms with Crippen LogP contribution in [0, 0.1) is 0 Å². The lowest BCUT2D eigenvalue weighted by atomic mass is 10.1. The zero-order valence-electron chi connectivity index (χ0n) is 32.1. The molecule has 46 heavy (non-hydrogen) atoms. The third kappa shape index (κ3) is 26.4. The average molecular weight is 637 g/mol. The second-order valence-corrected chi connectivity index (χ2v) is 15.7. The molecule has 0 aliphatic carbocycles. The van der Waals surface area contributed by atoms with E-state index in [2.05, 4.69) is 103 Å². The van der Waals surface area contributed by atoms with Crippen LogP contribution < -0.4 is 0 Å². The summed E-state index contributed by atoms with van der Waals surface area (Å²) in [4.78, 5) is 0. The van der Waals surface area contributed by atoms with Gasteiger partial charge in [0.05, 0.1) is 41.3 Å². The Bertz CT molecular complexity index is 889. The van der Waals surface area contributed by atoms with E-state index in [0.717, 1.165) is 22.1 Å². The van der Waals surface area contributed by atoms with Crippen LogP contribution in [0.4, 0.5) is 0 Å². The predicted octanol–water partition coefficient (Wildman–Crippen LogP) is 13.1. The van der Waals surface area contributed by atoms with Crippen molar-refractivity contribution in [3.63, 3.8) is 0 Å². The van der Waals surface area contributed by atoms with Gasteiger partial charge in [-0.25, -0.2) is 0 Å². The van der Waals surface area contributed by atoms with E-state index >= 15 is 0 Å². The molecular weight excluding hydrogens is 556 g/mol. The maximum Gasteiger partial charge on any atom is 0.104 e. The molecule has 0 unspecified atom stereocenters. The van der Waals surface area contributed by atoms with Crippen molar-refractivity contribution in [2.75, 3.05) is 41.3 Å². The first-order valence-electron chi connectivity index (χ1n) is 20.0. The van der Waals surface area contributed by atoms with Crippen molar-refractivity contribution in [3.05, 3.63) is 71.8 Å². The number of rotatable bonds is 28. The summed E-state index contributed by atoms with van der Waals surface area (Å²) in [5, 5.41) is 0. The molecule has 264 valence electrons. The summed E-state index contributed by atoms with van der Waals surface area (Å²) in [5.74, 6) is 0. The Balaban J connectivity index is 0.000000462. The van der Waals surface area contributed by atoms with Crippen LogP contribution in [-0.4, -0.2) is 50.2 Å². The van der Waals surface area contributed by atoms with Crippen molar-refractivity contribution >= 4 is 0 Å². The minimum absolute atomic E-state index is 1.11. The molecule has 0 aromatic heterocycles. The first-order valence-corrected chi connectivity index (χ1v) is 20.0. The van der Waals surface area contributed by atoms with E-state index in [-0.39, 0.29) is 0 Å². The van der Waals surface area contributed by atoms with Gasteiger partial charge in [0, 0.05) is 11.1 Å². The van der Waals surface area contributed by atoms with E-state index in [0.29, 0.717) is 0 Å². The van der Waals surface area contributed by atoms with Crippen molar-refractivity contribution in [1.82, 2.24) is 0 Å². The second kappa shape index (κ2) is 28.4. The molecule has 0 amide bonds. The van der Waals surface area contributed by atoms with Gasteiger partial charge in [-0.05, 0) is 25.7 Å². The molecule has 0 aliphatic rings. The average Bonchev–Trinajstić information content (AvgIpc) is 3.03. The molecule has 0 aliphatic heterocycles. The Morgan fingerprint density at radius 2 is 0.565 bits per heavy atom. The lowest BCUT2D eigenvalue weighted by molar-refractivity contribution is -0.903. The molecule has 2 rings (SSSR count). The van der Waals surface area contributed by atoms with Gasteiger partial charge < -0.3 is 8.97 Å². The molecule has 0 N–H and O–H groups in total. The van der Waals surface area contributed by atoms with Crippen molar-refractivity contribution in [2.45, 2.75) is 168 Å². The van der Waals surface area contributed by atoms with Crippen molar-refractivity contribution < 1.29 is 8.97 Å². The van der Waals surface area contributed by atoms with Gasteiger partial charge >= 0.3 is 0 Å². The number of benzene rings is 2. The van der Waals surface area contributed by atoms with E-state index in [4.69, 9.17) is 0 Å². The maximum atomic E-state index is 2.37. The van der Waals surface area contributed by atoms with E-state index < -0.39 is 0 Å². The highest BCUT2D eigenvalue weighted by atomic mass is 15.3. The third-order valence-corrected chi connectivity index (χ3v) is 9.64. The quantitative estimate of drug-likeness (QED) is 0.0644. The van der Waals surface area contributed by atoms with E-state index in [1.807, 2.05) is 0 Å². The monoisotopic (exact) mass is 637 g/mol. The SMILES string of the molecule is CCCCCCCCCCCCCC[N+](C)(C)Cc1ccccc1.CCCCCCCCCCCC[N+](C)(C)Cc1ccccc1. The number of hydrogen-bond acceptors (Lipinski definition) is 0. The van der Waals surface area contributed by atoms with Crippen LogP contribution in [0.5, 0.6) is 0 Å². The van der Waals surface area contributed by atoms with Crippen LogP contribution >= 0.6 is 0 Å². The molecule has 0 bridgehead atoms. The second-order valence-electron chi connectivity index (χ2n) is 15.7. The predicted molar refractivity (Wildman–Crippen MR) is 207 cm³/mol. The molecule has 0 spiro atoms. The summed E-state index contributed by atoms with van der Waals surface area (Å²) < 4.78 is 2.23. The lowest BCUT2D eigenvalue weighted by Crippen LogP contribution is -2.39. The summed E-state index contributed by atoms with van der Waals surface area (Å²) in [7, 11) is 9.46.